The van der Waals surface area contributed by atoms with Crippen molar-refractivity contribution < 1.29 is 4.74 Å². The molecule has 0 aliphatic carbocycles. The van der Waals surface area contributed by atoms with Gasteiger partial charge in [0.2, 0.25) is 0 Å². The monoisotopic (exact) mass is 168 g/mol. The van der Waals surface area contributed by atoms with Crippen LogP contribution < -0.4 is 0 Å². The number of rotatable bonds is 7. The summed E-state index contributed by atoms with van der Waals surface area (Å²) in [6, 6.07) is 0. The Morgan fingerprint density at radius 1 is 1.17 bits per heavy atom. The number of hydrogen-bond donors (Lipinski definition) is 0. The van der Waals surface area contributed by atoms with E-state index < -0.39 is 0 Å². The minimum Gasteiger partial charge on any atom is -0.377 e. The molecule has 0 saturated heterocycles. The first-order chi connectivity index (χ1) is 5.91. The van der Waals surface area contributed by atoms with Gasteiger partial charge < -0.3 is 4.74 Å². The Labute approximate surface area is 76.1 Å². The SMILES string of the molecule is C/C=C/COCCC/C=C/CC. The van der Waals surface area contributed by atoms with Crippen LogP contribution >= 0.6 is 0 Å². The van der Waals surface area contributed by atoms with Gasteiger partial charge in [0, 0.05) is 6.61 Å². The molecule has 0 bridgehead atoms. The van der Waals surface area contributed by atoms with Crippen molar-refractivity contribution in [1.82, 2.24) is 0 Å². The summed E-state index contributed by atoms with van der Waals surface area (Å²) in [4.78, 5) is 0. The lowest BCUT2D eigenvalue weighted by molar-refractivity contribution is 0.160. The Bertz CT molecular complexity index is 125. The lowest BCUT2D eigenvalue weighted by Crippen LogP contribution is -1.92. The van der Waals surface area contributed by atoms with Crippen LogP contribution in [0.2, 0.25) is 0 Å². The van der Waals surface area contributed by atoms with Gasteiger partial charge in [-0.05, 0) is 26.2 Å². The van der Waals surface area contributed by atoms with Crippen LogP contribution in [0.3, 0.4) is 0 Å². The van der Waals surface area contributed by atoms with Crippen LogP contribution in [0, 0.1) is 0 Å². The molecule has 0 atom stereocenters. The first kappa shape index (κ1) is 11.4. The van der Waals surface area contributed by atoms with E-state index in [-0.39, 0.29) is 0 Å². The van der Waals surface area contributed by atoms with Crippen LogP contribution in [0.25, 0.3) is 0 Å². The number of unbranched alkanes of at least 4 members (excludes halogenated alkanes) is 1. The number of allylic oxidation sites excluding steroid dienone is 3. The van der Waals surface area contributed by atoms with E-state index in [2.05, 4.69) is 19.1 Å². The van der Waals surface area contributed by atoms with Crippen LogP contribution in [0.15, 0.2) is 24.3 Å². The maximum atomic E-state index is 5.33. The summed E-state index contributed by atoms with van der Waals surface area (Å²) in [5, 5.41) is 0. The summed E-state index contributed by atoms with van der Waals surface area (Å²) in [6.45, 7) is 5.79. The molecule has 0 spiro atoms. The Morgan fingerprint density at radius 2 is 2.00 bits per heavy atom. The van der Waals surface area contributed by atoms with E-state index in [1.54, 1.807) is 0 Å². The molecule has 0 aliphatic heterocycles. The molecule has 0 aromatic carbocycles. The van der Waals surface area contributed by atoms with Crippen LogP contribution in [0.4, 0.5) is 0 Å². The Kier molecular flexibility index (Phi) is 9.95. The average Bonchev–Trinajstić information content (AvgIpc) is 2.10. The standard InChI is InChI=1S/C11H20O/c1-3-5-7-8-9-11-12-10-6-4-2/h4-7H,3,8-11H2,1-2H3/b6-4+,7-5+. The molecule has 0 aromatic rings. The van der Waals surface area contributed by atoms with Crippen LogP contribution in [0.1, 0.15) is 33.1 Å². The highest BCUT2D eigenvalue weighted by Crippen LogP contribution is 1.93. The molecule has 1 nitrogen and oxygen atoms in total. The van der Waals surface area contributed by atoms with Gasteiger partial charge in [0.15, 0.2) is 0 Å². The van der Waals surface area contributed by atoms with Gasteiger partial charge in [0.1, 0.15) is 0 Å². The lowest BCUT2D eigenvalue weighted by atomic mass is 10.3. The largest absolute Gasteiger partial charge is 0.377 e. The molecule has 0 saturated carbocycles. The van der Waals surface area contributed by atoms with Gasteiger partial charge >= 0.3 is 0 Å². The van der Waals surface area contributed by atoms with Crippen molar-refractivity contribution >= 4 is 0 Å². The second kappa shape index (κ2) is 10.4. The lowest BCUT2D eigenvalue weighted by Gasteiger charge is -1.97. The highest BCUT2D eigenvalue weighted by Gasteiger charge is 1.83. The van der Waals surface area contributed by atoms with E-state index >= 15 is 0 Å². The molecule has 0 fully saturated rings. The van der Waals surface area contributed by atoms with Gasteiger partial charge in [-0.1, -0.05) is 31.2 Å². The second-order valence-corrected chi connectivity index (χ2v) is 2.67. The number of ether oxygens (including phenoxy) is 1. The topological polar surface area (TPSA) is 9.23 Å². The van der Waals surface area contributed by atoms with E-state index in [1.807, 2.05) is 19.1 Å². The molecule has 0 rings (SSSR count). The Balaban J connectivity index is 2.95. The molecule has 0 amide bonds. The first-order valence-electron chi connectivity index (χ1n) is 4.75. The zero-order valence-corrected chi connectivity index (χ0v) is 8.25. The van der Waals surface area contributed by atoms with Gasteiger partial charge in [-0.2, -0.15) is 0 Å². The molecular weight excluding hydrogens is 148 g/mol. The van der Waals surface area contributed by atoms with Crippen molar-refractivity contribution in [2.75, 3.05) is 13.2 Å². The van der Waals surface area contributed by atoms with Crippen molar-refractivity contribution in [2.45, 2.75) is 33.1 Å². The molecule has 1 heteroatoms. The van der Waals surface area contributed by atoms with Gasteiger partial charge in [-0.15, -0.1) is 0 Å². The van der Waals surface area contributed by atoms with E-state index in [0.29, 0.717) is 0 Å². The summed E-state index contributed by atoms with van der Waals surface area (Å²) < 4.78 is 5.33. The third-order valence-electron chi connectivity index (χ3n) is 1.51. The predicted molar refractivity (Wildman–Crippen MR) is 54.3 cm³/mol. The zero-order valence-electron chi connectivity index (χ0n) is 8.25. The summed E-state index contributed by atoms with van der Waals surface area (Å²) in [6.07, 6.45) is 11.9. The molecule has 0 aliphatic rings. The Hall–Kier alpha value is -0.560. The van der Waals surface area contributed by atoms with Crippen LogP contribution in [-0.4, -0.2) is 13.2 Å². The molecule has 0 radical (unpaired) electrons. The second-order valence-electron chi connectivity index (χ2n) is 2.67. The van der Waals surface area contributed by atoms with Crippen LogP contribution in [0.5, 0.6) is 0 Å². The fourth-order valence-corrected chi connectivity index (χ4v) is 0.835. The molecule has 12 heavy (non-hydrogen) atoms. The minimum absolute atomic E-state index is 0.758. The smallest absolute Gasteiger partial charge is 0.0647 e. The fourth-order valence-electron chi connectivity index (χ4n) is 0.835. The van der Waals surface area contributed by atoms with E-state index in [1.165, 1.54) is 0 Å². The molecule has 0 unspecified atom stereocenters. The zero-order chi connectivity index (χ0) is 9.07. The van der Waals surface area contributed by atoms with Gasteiger partial charge in [0.25, 0.3) is 0 Å². The van der Waals surface area contributed by atoms with E-state index in [9.17, 15) is 0 Å². The van der Waals surface area contributed by atoms with E-state index in [0.717, 1.165) is 32.5 Å². The highest BCUT2D eigenvalue weighted by atomic mass is 16.5. The van der Waals surface area contributed by atoms with Crippen molar-refractivity contribution in [2.24, 2.45) is 0 Å². The molecular formula is C11H20O. The van der Waals surface area contributed by atoms with Crippen molar-refractivity contribution in [3.63, 3.8) is 0 Å². The van der Waals surface area contributed by atoms with Crippen molar-refractivity contribution in [3.8, 4) is 0 Å². The maximum absolute atomic E-state index is 5.33. The normalized spacial score (nSPS) is 11.8. The van der Waals surface area contributed by atoms with Gasteiger partial charge in [0.05, 0.1) is 6.61 Å². The minimum atomic E-state index is 0.758. The summed E-state index contributed by atoms with van der Waals surface area (Å²) >= 11 is 0. The average molecular weight is 168 g/mol. The molecule has 70 valence electrons. The van der Waals surface area contributed by atoms with Crippen molar-refractivity contribution in [3.05, 3.63) is 24.3 Å². The maximum Gasteiger partial charge on any atom is 0.0647 e. The van der Waals surface area contributed by atoms with E-state index in [4.69, 9.17) is 4.74 Å². The summed E-state index contributed by atoms with van der Waals surface area (Å²) in [7, 11) is 0. The van der Waals surface area contributed by atoms with Crippen molar-refractivity contribution in [1.29, 1.82) is 0 Å². The molecule has 0 heterocycles. The molecule has 0 N–H and O–H groups in total. The Morgan fingerprint density at radius 3 is 2.67 bits per heavy atom. The third kappa shape index (κ3) is 9.44. The summed E-state index contributed by atoms with van der Waals surface area (Å²) in [5.74, 6) is 0. The summed E-state index contributed by atoms with van der Waals surface area (Å²) in [5.41, 5.74) is 0. The number of hydrogen-bond acceptors (Lipinski definition) is 1. The quantitative estimate of drug-likeness (QED) is 0.418. The fraction of sp³-hybridized carbons (Fsp3) is 0.636. The highest BCUT2D eigenvalue weighted by molar-refractivity contribution is 4.80. The molecule has 0 aromatic heterocycles. The third-order valence-corrected chi connectivity index (χ3v) is 1.51. The van der Waals surface area contributed by atoms with Crippen LogP contribution in [-0.2, 0) is 4.74 Å². The van der Waals surface area contributed by atoms with Gasteiger partial charge in [-0.3, -0.25) is 0 Å². The predicted octanol–water partition coefficient (Wildman–Crippen LogP) is 3.33. The van der Waals surface area contributed by atoms with Gasteiger partial charge in [-0.25, -0.2) is 0 Å². The first-order valence-corrected chi connectivity index (χ1v) is 4.75.